The van der Waals surface area contributed by atoms with E-state index in [0.29, 0.717) is 25.1 Å². The van der Waals surface area contributed by atoms with Crippen LogP contribution in [0.4, 0.5) is 0 Å². The summed E-state index contributed by atoms with van der Waals surface area (Å²) in [6.07, 6.45) is 0. The minimum absolute atomic E-state index is 0.0791. The summed E-state index contributed by atoms with van der Waals surface area (Å²) >= 11 is 21.7. The van der Waals surface area contributed by atoms with Crippen molar-refractivity contribution in [3.8, 4) is 5.75 Å². The maximum absolute atomic E-state index is 12.4. The highest BCUT2D eigenvalue weighted by Gasteiger charge is 2.18. The first-order valence-corrected chi connectivity index (χ1v) is 10.8. The zero-order valence-corrected chi connectivity index (χ0v) is 19.2. The van der Waals surface area contributed by atoms with Crippen molar-refractivity contribution in [2.45, 2.75) is 0 Å². The number of carbonyl (C=O) groups is 2. The van der Waals surface area contributed by atoms with Crippen molar-refractivity contribution < 1.29 is 14.3 Å². The largest absolute Gasteiger partial charge is 0.483 e. The molecule has 3 rings (SSSR count). The summed E-state index contributed by atoms with van der Waals surface area (Å²) in [6.45, 7) is -0.272. The molecule has 0 saturated carbocycles. The van der Waals surface area contributed by atoms with Gasteiger partial charge in [0.2, 0.25) is 0 Å². The molecule has 3 N–H and O–H groups in total. The van der Waals surface area contributed by atoms with Crippen molar-refractivity contribution in [3.63, 3.8) is 0 Å². The fourth-order valence-corrected chi connectivity index (χ4v) is 4.60. The summed E-state index contributed by atoms with van der Waals surface area (Å²) in [7, 11) is 0. The number of hydrazine groups is 1. The molecule has 6 nitrogen and oxygen atoms in total. The van der Waals surface area contributed by atoms with Gasteiger partial charge in [-0.15, -0.1) is 11.3 Å². The van der Waals surface area contributed by atoms with Gasteiger partial charge in [-0.05, 0) is 52.4 Å². The van der Waals surface area contributed by atoms with Crippen LogP contribution in [0.2, 0.25) is 10.0 Å². The predicted octanol–water partition coefficient (Wildman–Crippen LogP) is 4.69. The van der Waals surface area contributed by atoms with Gasteiger partial charge in [-0.3, -0.25) is 25.8 Å². The topological polar surface area (TPSA) is 79.5 Å². The molecule has 0 radical (unpaired) electrons. The van der Waals surface area contributed by atoms with Crippen LogP contribution in [-0.4, -0.2) is 23.5 Å². The minimum atomic E-state index is -0.497. The number of benzene rings is 2. The Morgan fingerprint density at radius 3 is 2.62 bits per heavy atom. The quantitative estimate of drug-likeness (QED) is 0.335. The Hall–Kier alpha value is -1.91. The lowest BCUT2D eigenvalue weighted by Gasteiger charge is -2.11. The molecule has 0 bridgehead atoms. The molecule has 0 aliphatic heterocycles. The van der Waals surface area contributed by atoms with Gasteiger partial charge < -0.3 is 4.74 Å². The molecule has 2 amide bonds. The van der Waals surface area contributed by atoms with Crippen molar-refractivity contribution in [1.29, 1.82) is 0 Å². The highest BCUT2D eigenvalue weighted by molar-refractivity contribution is 9.10. The summed E-state index contributed by atoms with van der Waals surface area (Å²) in [4.78, 5) is 24.6. The lowest BCUT2D eigenvalue weighted by Crippen LogP contribution is -2.49. The minimum Gasteiger partial charge on any atom is -0.483 e. The van der Waals surface area contributed by atoms with Crippen molar-refractivity contribution in [2.75, 3.05) is 6.61 Å². The van der Waals surface area contributed by atoms with Crippen LogP contribution in [0.5, 0.6) is 5.75 Å². The van der Waals surface area contributed by atoms with E-state index < -0.39 is 11.8 Å². The second kappa shape index (κ2) is 9.73. The van der Waals surface area contributed by atoms with E-state index in [9.17, 15) is 9.59 Å². The van der Waals surface area contributed by atoms with Crippen LogP contribution in [0, 0.1) is 0 Å². The average Bonchev–Trinajstić information content (AvgIpc) is 3.03. The third-order valence-corrected chi connectivity index (χ3v) is 6.27. The van der Waals surface area contributed by atoms with E-state index in [-0.39, 0.29) is 11.7 Å². The molecule has 150 valence electrons. The summed E-state index contributed by atoms with van der Waals surface area (Å²) < 4.78 is 6.89. The summed E-state index contributed by atoms with van der Waals surface area (Å²) in [5, 5.41) is 4.08. The second-order valence-electron chi connectivity index (χ2n) is 5.56. The van der Waals surface area contributed by atoms with Gasteiger partial charge in [-0.1, -0.05) is 41.4 Å². The molecule has 0 aliphatic carbocycles. The molecule has 3 aromatic rings. The Morgan fingerprint density at radius 2 is 1.90 bits per heavy atom. The Morgan fingerprint density at radius 1 is 1.14 bits per heavy atom. The molecular weight excluding hydrogens is 521 g/mol. The van der Waals surface area contributed by atoms with E-state index in [1.54, 1.807) is 18.2 Å². The first-order chi connectivity index (χ1) is 13.8. The molecule has 0 spiro atoms. The maximum atomic E-state index is 12.4. The molecule has 0 fully saturated rings. The lowest BCUT2D eigenvalue weighted by molar-refractivity contribution is -0.123. The molecule has 0 unspecified atom stereocenters. The Balaban J connectivity index is 1.49. The molecule has 1 heterocycles. The number of hydrogen-bond acceptors (Lipinski definition) is 5. The molecule has 0 saturated heterocycles. The number of carbonyl (C=O) groups excluding carboxylic acids is 2. The van der Waals surface area contributed by atoms with Crippen LogP contribution in [0.1, 0.15) is 9.67 Å². The van der Waals surface area contributed by atoms with Crippen LogP contribution < -0.4 is 20.9 Å². The van der Waals surface area contributed by atoms with Crippen molar-refractivity contribution >= 4 is 89.7 Å². The summed E-state index contributed by atoms with van der Waals surface area (Å²) in [5.41, 5.74) is 4.79. The molecule has 0 aliphatic rings. The first-order valence-electron chi connectivity index (χ1n) is 8.00. The molecule has 11 heteroatoms. The normalized spacial score (nSPS) is 10.4. The molecule has 0 atom stereocenters. The van der Waals surface area contributed by atoms with Crippen molar-refractivity contribution in [2.24, 2.45) is 0 Å². The smallest absolute Gasteiger partial charge is 0.276 e. The van der Waals surface area contributed by atoms with Gasteiger partial charge in [0.25, 0.3) is 11.8 Å². The van der Waals surface area contributed by atoms with Gasteiger partial charge >= 0.3 is 0 Å². The van der Waals surface area contributed by atoms with Crippen LogP contribution in [0.3, 0.4) is 0 Å². The Bertz CT molecular complexity index is 1110. The van der Waals surface area contributed by atoms with Gasteiger partial charge in [-0.25, -0.2) is 0 Å². The molecule has 29 heavy (non-hydrogen) atoms. The number of nitrogens with one attached hydrogen (secondary N) is 3. The number of ether oxygens (including phenoxy) is 1. The van der Waals surface area contributed by atoms with Gasteiger partial charge in [-0.2, -0.15) is 0 Å². The molecule has 1 aromatic heterocycles. The first kappa shape index (κ1) is 21.8. The highest BCUT2D eigenvalue weighted by atomic mass is 79.9. The zero-order chi connectivity index (χ0) is 21.0. The second-order valence-corrected chi connectivity index (χ2v) is 8.69. The summed E-state index contributed by atoms with van der Waals surface area (Å²) in [5.74, 6) is -0.507. The van der Waals surface area contributed by atoms with Crippen LogP contribution in [-0.2, 0) is 4.79 Å². The number of thiocarbonyl (C=S) groups is 1. The van der Waals surface area contributed by atoms with Gasteiger partial charge in [0.15, 0.2) is 11.7 Å². The number of hydrogen-bond donors (Lipinski definition) is 3. The number of thiophene rings is 1. The van der Waals surface area contributed by atoms with E-state index >= 15 is 0 Å². The number of fused-ring (bicyclic) bond motifs is 1. The van der Waals surface area contributed by atoms with Crippen LogP contribution in [0.15, 0.2) is 46.9 Å². The number of amides is 2. The van der Waals surface area contributed by atoms with E-state index in [0.717, 1.165) is 10.1 Å². The summed E-state index contributed by atoms with van der Waals surface area (Å²) in [6, 6.07) is 12.3. The lowest BCUT2D eigenvalue weighted by atomic mass is 10.2. The van der Waals surface area contributed by atoms with E-state index in [1.807, 2.05) is 24.3 Å². The van der Waals surface area contributed by atoms with Crippen LogP contribution >= 0.6 is 62.7 Å². The van der Waals surface area contributed by atoms with Gasteiger partial charge in [0.1, 0.15) is 10.6 Å². The highest BCUT2D eigenvalue weighted by Crippen LogP contribution is 2.35. The predicted molar refractivity (Wildman–Crippen MR) is 123 cm³/mol. The van der Waals surface area contributed by atoms with Crippen molar-refractivity contribution in [1.82, 2.24) is 16.2 Å². The van der Waals surface area contributed by atoms with E-state index in [2.05, 4.69) is 32.1 Å². The van der Waals surface area contributed by atoms with Gasteiger partial charge in [0.05, 0.1) is 9.50 Å². The SMILES string of the molecule is O=C(COc1ccc(Cl)cc1Br)NNC(=S)NC(=O)c1sc2ccccc2c1Cl. The Kier molecular flexibility index (Phi) is 7.31. The number of rotatable bonds is 4. The monoisotopic (exact) mass is 531 g/mol. The van der Waals surface area contributed by atoms with Gasteiger partial charge in [0, 0.05) is 15.1 Å². The average molecular weight is 533 g/mol. The standard InChI is InChI=1S/C18H12BrCl2N3O3S2/c19-11-7-9(20)5-6-12(11)27-8-14(25)23-24-18(28)22-17(26)16-15(21)10-3-1-2-4-13(10)29-16/h1-7H,8H2,(H,23,25)(H2,22,24,26,28). The fraction of sp³-hybridized carbons (Fsp3) is 0.0556. The molecule has 2 aromatic carbocycles. The maximum Gasteiger partial charge on any atom is 0.276 e. The molecular formula is C18H12BrCl2N3O3S2. The fourth-order valence-electron chi connectivity index (χ4n) is 2.25. The number of halogens is 3. The van der Waals surface area contributed by atoms with Crippen LogP contribution in [0.25, 0.3) is 10.1 Å². The Labute approximate surface area is 193 Å². The third-order valence-electron chi connectivity index (χ3n) is 3.54. The zero-order valence-electron chi connectivity index (χ0n) is 14.4. The third kappa shape index (κ3) is 5.58. The van der Waals surface area contributed by atoms with E-state index in [4.69, 9.17) is 40.2 Å². The van der Waals surface area contributed by atoms with E-state index in [1.165, 1.54) is 11.3 Å². The van der Waals surface area contributed by atoms with Crippen molar-refractivity contribution in [3.05, 3.63) is 61.9 Å².